The van der Waals surface area contributed by atoms with Gasteiger partial charge in [-0.3, -0.25) is 0 Å². The summed E-state index contributed by atoms with van der Waals surface area (Å²) in [6.45, 7) is 8.88. The van der Waals surface area contributed by atoms with Crippen molar-refractivity contribution < 1.29 is 4.74 Å². The summed E-state index contributed by atoms with van der Waals surface area (Å²) in [7, 11) is 0. The number of rotatable bonds is 9. The van der Waals surface area contributed by atoms with Crippen LogP contribution in [-0.2, 0) is 4.74 Å². The molecule has 3 atom stereocenters. The van der Waals surface area contributed by atoms with Gasteiger partial charge in [-0.25, -0.2) is 0 Å². The molecule has 17 heavy (non-hydrogen) atoms. The van der Waals surface area contributed by atoms with Crippen molar-refractivity contribution in [2.75, 3.05) is 13.2 Å². The molecule has 0 aromatic heterocycles. The van der Waals surface area contributed by atoms with Crippen LogP contribution in [0.3, 0.4) is 0 Å². The van der Waals surface area contributed by atoms with E-state index < -0.39 is 0 Å². The second-order valence-corrected chi connectivity index (χ2v) is 5.44. The molecule has 0 aromatic rings. The molecule has 0 aliphatic carbocycles. The minimum Gasteiger partial charge on any atom is -0.378 e. The van der Waals surface area contributed by atoms with E-state index in [1.165, 1.54) is 44.9 Å². The monoisotopic (exact) mass is 241 g/mol. The highest BCUT2D eigenvalue weighted by atomic mass is 16.5. The predicted octanol–water partition coefficient (Wildman–Crippen LogP) is 3.75. The lowest BCUT2D eigenvalue weighted by atomic mass is 9.89. The van der Waals surface area contributed by atoms with E-state index in [-0.39, 0.29) is 0 Å². The topological polar surface area (TPSA) is 21.3 Å². The Morgan fingerprint density at radius 2 is 2.00 bits per heavy atom. The van der Waals surface area contributed by atoms with E-state index in [2.05, 4.69) is 26.1 Å². The van der Waals surface area contributed by atoms with Crippen molar-refractivity contribution in [3.8, 4) is 0 Å². The van der Waals surface area contributed by atoms with E-state index in [1.807, 2.05) is 0 Å². The fourth-order valence-electron chi connectivity index (χ4n) is 2.86. The van der Waals surface area contributed by atoms with Crippen LogP contribution >= 0.6 is 0 Å². The second-order valence-electron chi connectivity index (χ2n) is 5.44. The SMILES string of the molecule is CCCCCCC(NCCC)C1CCOC1C. The zero-order valence-electron chi connectivity index (χ0n) is 12.0. The molecule has 1 fully saturated rings. The summed E-state index contributed by atoms with van der Waals surface area (Å²) in [5.74, 6) is 0.739. The average molecular weight is 241 g/mol. The Hall–Kier alpha value is -0.0800. The number of hydrogen-bond acceptors (Lipinski definition) is 2. The van der Waals surface area contributed by atoms with E-state index in [4.69, 9.17) is 4.74 Å². The summed E-state index contributed by atoms with van der Waals surface area (Å²) in [6, 6.07) is 0.685. The summed E-state index contributed by atoms with van der Waals surface area (Å²) < 4.78 is 5.71. The van der Waals surface area contributed by atoms with E-state index in [0.29, 0.717) is 12.1 Å². The normalized spacial score (nSPS) is 26.3. The van der Waals surface area contributed by atoms with Crippen LogP contribution < -0.4 is 5.32 Å². The summed E-state index contributed by atoms with van der Waals surface area (Å²) in [5.41, 5.74) is 0. The number of hydrogen-bond donors (Lipinski definition) is 1. The van der Waals surface area contributed by atoms with Crippen LogP contribution in [0, 0.1) is 5.92 Å². The van der Waals surface area contributed by atoms with Crippen molar-refractivity contribution in [1.82, 2.24) is 5.32 Å². The molecule has 3 unspecified atom stereocenters. The molecule has 0 radical (unpaired) electrons. The maximum absolute atomic E-state index is 5.71. The lowest BCUT2D eigenvalue weighted by Gasteiger charge is -2.27. The van der Waals surface area contributed by atoms with E-state index >= 15 is 0 Å². The summed E-state index contributed by atoms with van der Waals surface area (Å²) in [6.07, 6.45) is 9.74. The van der Waals surface area contributed by atoms with E-state index in [1.54, 1.807) is 0 Å². The maximum atomic E-state index is 5.71. The Labute approximate surface area is 108 Å². The van der Waals surface area contributed by atoms with Crippen LogP contribution in [0.25, 0.3) is 0 Å². The van der Waals surface area contributed by atoms with Gasteiger partial charge in [0.05, 0.1) is 6.10 Å². The molecule has 0 bridgehead atoms. The van der Waals surface area contributed by atoms with Gasteiger partial charge in [0.25, 0.3) is 0 Å². The summed E-state index contributed by atoms with van der Waals surface area (Å²) in [5, 5.41) is 3.74. The standard InChI is InChI=1S/C15H31NO/c1-4-6-7-8-9-15(16-11-5-2)14-10-12-17-13(14)3/h13-16H,4-12H2,1-3H3. The minimum atomic E-state index is 0.454. The average Bonchev–Trinajstić information content (AvgIpc) is 2.75. The van der Waals surface area contributed by atoms with Gasteiger partial charge in [0.15, 0.2) is 0 Å². The van der Waals surface area contributed by atoms with Gasteiger partial charge in [-0.15, -0.1) is 0 Å². The van der Waals surface area contributed by atoms with E-state index in [0.717, 1.165) is 19.1 Å². The van der Waals surface area contributed by atoms with Crippen molar-refractivity contribution >= 4 is 0 Å². The molecule has 0 amide bonds. The van der Waals surface area contributed by atoms with Crippen LogP contribution in [0.2, 0.25) is 0 Å². The Bertz CT molecular complexity index is 184. The van der Waals surface area contributed by atoms with Gasteiger partial charge in [-0.1, -0.05) is 39.5 Å². The zero-order chi connectivity index (χ0) is 12.5. The molecule has 0 spiro atoms. The molecule has 2 nitrogen and oxygen atoms in total. The first-order valence-electron chi connectivity index (χ1n) is 7.64. The van der Waals surface area contributed by atoms with Crippen LogP contribution in [0.5, 0.6) is 0 Å². The fraction of sp³-hybridized carbons (Fsp3) is 1.00. The van der Waals surface area contributed by atoms with Crippen LogP contribution in [0.1, 0.15) is 65.7 Å². The van der Waals surface area contributed by atoms with Crippen molar-refractivity contribution in [3.05, 3.63) is 0 Å². The molecule has 0 saturated carbocycles. The van der Waals surface area contributed by atoms with Gasteiger partial charge in [0, 0.05) is 18.6 Å². The largest absolute Gasteiger partial charge is 0.378 e. The third kappa shape index (κ3) is 5.39. The number of unbranched alkanes of at least 4 members (excludes halogenated alkanes) is 3. The fourth-order valence-corrected chi connectivity index (χ4v) is 2.86. The molecule has 1 rings (SSSR count). The first-order valence-corrected chi connectivity index (χ1v) is 7.64. The molecule has 1 heterocycles. The Kier molecular flexibility index (Phi) is 7.87. The quantitative estimate of drug-likeness (QED) is 0.621. The Morgan fingerprint density at radius 1 is 1.18 bits per heavy atom. The van der Waals surface area contributed by atoms with Crippen molar-refractivity contribution in [2.24, 2.45) is 5.92 Å². The molecular weight excluding hydrogens is 210 g/mol. The molecule has 1 aliphatic heterocycles. The van der Waals surface area contributed by atoms with Gasteiger partial charge < -0.3 is 10.1 Å². The first-order chi connectivity index (χ1) is 8.29. The lowest BCUT2D eigenvalue weighted by molar-refractivity contribution is 0.0939. The summed E-state index contributed by atoms with van der Waals surface area (Å²) >= 11 is 0. The van der Waals surface area contributed by atoms with Gasteiger partial charge in [-0.05, 0) is 32.7 Å². The number of ether oxygens (including phenoxy) is 1. The lowest BCUT2D eigenvalue weighted by Crippen LogP contribution is -2.39. The number of nitrogens with one attached hydrogen (secondary N) is 1. The zero-order valence-corrected chi connectivity index (χ0v) is 12.0. The highest BCUT2D eigenvalue weighted by Gasteiger charge is 2.30. The highest BCUT2D eigenvalue weighted by Crippen LogP contribution is 2.26. The minimum absolute atomic E-state index is 0.454. The Balaban J connectivity index is 2.31. The van der Waals surface area contributed by atoms with Crippen LogP contribution in [0.4, 0.5) is 0 Å². The molecule has 1 N–H and O–H groups in total. The smallest absolute Gasteiger partial charge is 0.0590 e. The predicted molar refractivity (Wildman–Crippen MR) is 74.4 cm³/mol. The molecular formula is C15H31NO. The summed E-state index contributed by atoms with van der Waals surface area (Å²) in [4.78, 5) is 0. The highest BCUT2D eigenvalue weighted by molar-refractivity contribution is 4.84. The molecule has 0 aromatic carbocycles. The van der Waals surface area contributed by atoms with Crippen molar-refractivity contribution in [1.29, 1.82) is 0 Å². The van der Waals surface area contributed by atoms with Crippen LogP contribution in [-0.4, -0.2) is 25.3 Å². The molecule has 2 heteroatoms. The molecule has 1 aliphatic rings. The van der Waals surface area contributed by atoms with Crippen LogP contribution in [0.15, 0.2) is 0 Å². The third-order valence-corrected chi connectivity index (χ3v) is 3.98. The molecule has 102 valence electrons. The Morgan fingerprint density at radius 3 is 2.59 bits per heavy atom. The maximum Gasteiger partial charge on any atom is 0.0590 e. The van der Waals surface area contributed by atoms with Gasteiger partial charge in [0.2, 0.25) is 0 Å². The van der Waals surface area contributed by atoms with E-state index in [9.17, 15) is 0 Å². The second kappa shape index (κ2) is 8.93. The van der Waals surface area contributed by atoms with Crippen molar-refractivity contribution in [2.45, 2.75) is 77.9 Å². The van der Waals surface area contributed by atoms with Gasteiger partial charge in [-0.2, -0.15) is 0 Å². The molecule has 1 saturated heterocycles. The third-order valence-electron chi connectivity index (χ3n) is 3.98. The van der Waals surface area contributed by atoms with Gasteiger partial charge in [0.1, 0.15) is 0 Å². The first kappa shape index (κ1) is 15.0. The van der Waals surface area contributed by atoms with Gasteiger partial charge >= 0.3 is 0 Å². The van der Waals surface area contributed by atoms with Crippen molar-refractivity contribution in [3.63, 3.8) is 0 Å².